The molecule has 1 fully saturated rings. The zero-order chi connectivity index (χ0) is 9.97. The lowest BCUT2D eigenvalue weighted by molar-refractivity contribution is 0.124. The van der Waals surface area contributed by atoms with E-state index in [1.165, 1.54) is 4.88 Å². The van der Waals surface area contributed by atoms with Gasteiger partial charge < -0.3 is 10.4 Å². The van der Waals surface area contributed by atoms with Crippen molar-refractivity contribution < 1.29 is 5.11 Å². The van der Waals surface area contributed by atoms with Gasteiger partial charge in [0, 0.05) is 17.1 Å². The molecule has 2 atom stereocenters. The summed E-state index contributed by atoms with van der Waals surface area (Å²) in [6.45, 7) is 2.05. The first kappa shape index (κ1) is 9.93. The number of anilines is 1. The van der Waals surface area contributed by atoms with E-state index in [4.69, 9.17) is 0 Å². The lowest BCUT2D eigenvalue weighted by Crippen LogP contribution is -2.29. The van der Waals surface area contributed by atoms with Crippen LogP contribution in [0.3, 0.4) is 0 Å². The number of thiazole rings is 1. The van der Waals surface area contributed by atoms with Gasteiger partial charge in [-0.1, -0.05) is 0 Å². The molecule has 1 aromatic rings. The molecule has 3 nitrogen and oxygen atoms in total. The van der Waals surface area contributed by atoms with Crippen molar-refractivity contribution in [2.24, 2.45) is 0 Å². The Morgan fingerprint density at radius 3 is 3.07 bits per heavy atom. The molecule has 2 N–H and O–H groups in total. The number of hydrogen-bond acceptors (Lipinski definition) is 4. The molecule has 1 saturated carbocycles. The third-order valence-electron chi connectivity index (χ3n) is 2.60. The molecule has 0 aliphatic heterocycles. The number of rotatable bonds is 2. The van der Waals surface area contributed by atoms with Crippen LogP contribution in [-0.4, -0.2) is 22.2 Å². The van der Waals surface area contributed by atoms with E-state index in [1.807, 2.05) is 6.20 Å². The Bertz CT molecular complexity index is 300. The molecule has 0 amide bonds. The average molecular weight is 212 g/mol. The minimum absolute atomic E-state index is 0.123. The minimum Gasteiger partial charge on any atom is -0.393 e. The molecule has 0 radical (unpaired) electrons. The highest BCUT2D eigenvalue weighted by Gasteiger charge is 2.20. The molecule has 0 saturated heterocycles. The van der Waals surface area contributed by atoms with Crippen LogP contribution in [-0.2, 0) is 0 Å². The van der Waals surface area contributed by atoms with E-state index in [9.17, 15) is 5.11 Å². The zero-order valence-corrected chi connectivity index (χ0v) is 9.18. The summed E-state index contributed by atoms with van der Waals surface area (Å²) in [5.41, 5.74) is 0. The summed E-state index contributed by atoms with van der Waals surface area (Å²) in [5, 5.41) is 13.9. The normalized spacial score (nSPS) is 27.6. The van der Waals surface area contributed by atoms with Gasteiger partial charge in [-0.2, -0.15) is 0 Å². The molecule has 1 aromatic heterocycles. The fourth-order valence-corrected chi connectivity index (χ4v) is 2.63. The van der Waals surface area contributed by atoms with Gasteiger partial charge in [-0.05, 0) is 32.6 Å². The Kier molecular flexibility index (Phi) is 3.03. The average Bonchev–Trinajstić information content (AvgIpc) is 2.51. The largest absolute Gasteiger partial charge is 0.393 e. The summed E-state index contributed by atoms with van der Waals surface area (Å²) in [7, 11) is 0. The number of hydrogen-bond donors (Lipinski definition) is 2. The van der Waals surface area contributed by atoms with E-state index in [2.05, 4.69) is 17.2 Å². The third kappa shape index (κ3) is 2.45. The van der Waals surface area contributed by atoms with E-state index in [-0.39, 0.29) is 6.10 Å². The molecule has 0 aromatic carbocycles. The van der Waals surface area contributed by atoms with Crippen molar-refractivity contribution in [3.8, 4) is 0 Å². The Labute approximate surface area is 88.2 Å². The fraction of sp³-hybridized carbons (Fsp3) is 0.700. The monoisotopic (exact) mass is 212 g/mol. The van der Waals surface area contributed by atoms with Crippen LogP contribution in [0.1, 0.15) is 30.6 Å². The van der Waals surface area contributed by atoms with E-state index in [0.717, 1.165) is 30.8 Å². The van der Waals surface area contributed by atoms with Crippen LogP contribution in [0.4, 0.5) is 5.13 Å². The topological polar surface area (TPSA) is 45.2 Å². The number of nitrogens with one attached hydrogen (secondary N) is 1. The molecule has 1 aliphatic rings. The number of nitrogens with zero attached hydrogens (tertiary/aromatic N) is 1. The zero-order valence-electron chi connectivity index (χ0n) is 8.36. The Balaban J connectivity index is 1.90. The van der Waals surface area contributed by atoms with Crippen LogP contribution in [0.15, 0.2) is 6.20 Å². The molecule has 0 spiro atoms. The van der Waals surface area contributed by atoms with Gasteiger partial charge in [-0.15, -0.1) is 11.3 Å². The van der Waals surface area contributed by atoms with Crippen molar-refractivity contribution in [1.29, 1.82) is 0 Å². The third-order valence-corrected chi connectivity index (χ3v) is 3.44. The summed E-state index contributed by atoms with van der Waals surface area (Å²) in [5.74, 6) is 0. The van der Waals surface area contributed by atoms with E-state index in [0.29, 0.717) is 6.04 Å². The summed E-state index contributed by atoms with van der Waals surface area (Å²) < 4.78 is 0. The van der Waals surface area contributed by atoms with Gasteiger partial charge in [0.25, 0.3) is 0 Å². The maximum Gasteiger partial charge on any atom is 0.183 e. The summed E-state index contributed by atoms with van der Waals surface area (Å²) in [6, 6.07) is 0.407. The molecular formula is C10H16N2OS. The van der Waals surface area contributed by atoms with Gasteiger partial charge in [0.15, 0.2) is 5.13 Å². The predicted octanol–water partition coefficient (Wildman–Crippen LogP) is 2.17. The predicted molar refractivity (Wildman–Crippen MR) is 58.7 cm³/mol. The molecule has 0 unspecified atom stereocenters. The first-order valence-corrected chi connectivity index (χ1v) is 5.93. The second kappa shape index (κ2) is 4.28. The molecule has 1 heterocycles. The SMILES string of the molecule is Cc1cnc(N[C@H]2CCC[C@@H](O)C2)s1. The summed E-state index contributed by atoms with van der Waals surface area (Å²) >= 11 is 1.68. The highest BCUT2D eigenvalue weighted by Crippen LogP contribution is 2.24. The smallest absolute Gasteiger partial charge is 0.183 e. The highest BCUT2D eigenvalue weighted by molar-refractivity contribution is 7.15. The van der Waals surface area contributed by atoms with Gasteiger partial charge in [-0.25, -0.2) is 4.98 Å². The van der Waals surface area contributed by atoms with E-state index < -0.39 is 0 Å². The Morgan fingerprint density at radius 2 is 2.43 bits per heavy atom. The quantitative estimate of drug-likeness (QED) is 0.789. The first-order chi connectivity index (χ1) is 6.74. The van der Waals surface area contributed by atoms with Crippen molar-refractivity contribution in [3.05, 3.63) is 11.1 Å². The van der Waals surface area contributed by atoms with Crippen molar-refractivity contribution in [2.75, 3.05) is 5.32 Å². The molecular weight excluding hydrogens is 196 g/mol. The highest BCUT2D eigenvalue weighted by atomic mass is 32.1. The molecule has 2 rings (SSSR count). The van der Waals surface area contributed by atoms with Crippen molar-refractivity contribution >= 4 is 16.5 Å². The van der Waals surface area contributed by atoms with Gasteiger partial charge in [0.1, 0.15) is 0 Å². The second-order valence-corrected chi connectivity index (χ2v) is 5.17. The molecule has 0 bridgehead atoms. The van der Waals surface area contributed by atoms with Crippen LogP contribution in [0.5, 0.6) is 0 Å². The van der Waals surface area contributed by atoms with Crippen LogP contribution in [0.2, 0.25) is 0 Å². The molecule has 4 heteroatoms. The Hall–Kier alpha value is -0.610. The summed E-state index contributed by atoms with van der Waals surface area (Å²) in [4.78, 5) is 5.49. The van der Waals surface area contributed by atoms with Crippen molar-refractivity contribution in [2.45, 2.75) is 44.8 Å². The lowest BCUT2D eigenvalue weighted by Gasteiger charge is -2.26. The number of aliphatic hydroxyl groups is 1. The molecule has 78 valence electrons. The van der Waals surface area contributed by atoms with Crippen LogP contribution in [0.25, 0.3) is 0 Å². The molecule has 14 heavy (non-hydrogen) atoms. The maximum absolute atomic E-state index is 9.51. The number of aryl methyl sites for hydroxylation is 1. The van der Waals surface area contributed by atoms with Crippen LogP contribution >= 0.6 is 11.3 Å². The van der Waals surface area contributed by atoms with Crippen molar-refractivity contribution in [3.63, 3.8) is 0 Å². The van der Waals surface area contributed by atoms with Crippen molar-refractivity contribution in [1.82, 2.24) is 4.98 Å². The fourth-order valence-electron chi connectivity index (χ4n) is 1.89. The standard InChI is InChI=1S/C10H16N2OS/c1-7-6-11-10(14-7)12-8-3-2-4-9(13)5-8/h6,8-9,13H,2-5H2,1H3,(H,11,12)/t8-,9+/m0/s1. The maximum atomic E-state index is 9.51. The lowest BCUT2D eigenvalue weighted by atomic mass is 9.93. The molecule has 1 aliphatic carbocycles. The number of aliphatic hydroxyl groups excluding tert-OH is 1. The Morgan fingerprint density at radius 1 is 1.57 bits per heavy atom. The number of aromatic nitrogens is 1. The van der Waals surface area contributed by atoms with Gasteiger partial charge >= 0.3 is 0 Å². The second-order valence-electron chi connectivity index (χ2n) is 3.94. The van der Waals surface area contributed by atoms with Gasteiger partial charge in [-0.3, -0.25) is 0 Å². The minimum atomic E-state index is -0.123. The van der Waals surface area contributed by atoms with E-state index in [1.54, 1.807) is 11.3 Å². The van der Waals surface area contributed by atoms with Gasteiger partial charge in [0.2, 0.25) is 0 Å². The first-order valence-electron chi connectivity index (χ1n) is 5.11. The van der Waals surface area contributed by atoms with E-state index >= 15 is 0 Å². The van der Waals surface area contributed by atoms with Crippen LogP contribution < -0.4 is 5.32 Å². The van der Waals surface area contributed by atoms with Gasteiger partial charge in [0.05, 0.1) is 6.10 Å². The summed E-state index contributed by atoms with van der Waals surface area (Å²) in [6.07, 6.45) is 5.83. The van der Waals surface area contributed by atoms with Crippen LogP contribution in [0, 0.1) is 6.92 Å².